The smallest absolute Gasteiger partial charge is 0.273 e. The van der Waals surface area contributed by atoms with Crippen molar-refractivity contribution in [2.45, 2.75) is 6.54 Å². The van der Waals surface area contributed by atoms with Gasteiger partial charge in [0.1, 0.15) is 11.5 Å². The number of rotatable bonds is 1. The number of aromatic nitrogens is 2. The van der Waals surface area contributed by atoms with E-state index in [2.05, 4.69) is 16.9 Å². The third-order valence-electron chi connectivity index (χ3n) is 2.09. The summed E-state index contributed by atoms with van der Waals surface area (Å²) in [6.45, 7) is 4.72. The Labute approximate surface area is 80.1 Å². The summed E-state index contributed by atoms with van der Waals surface area (Å²) < 4.78 is 1.69. The van der Waals surface area contributed by atoms with E-state index in [1.165, 1.54) is 12.1 Å². The minimum Gasteiger partial charge on any atom is -0.349 e. The van der Waals surface area contributed by atoms with Crippen LogP contribution in [-0.4, -0.2) is 22.0 Å². The van der Waals surface area contributed by atoms with Crippen LogP contribution >= 0.6 is 0 Å². The Bertz CT molecular complexity index is 462. The first-order valence-corrected chi connectivity index (χ1v) is 4.25. The van der Waals surface area contributed by atoms with E-state index in [1.54, 1.807) is 4.57 Å². The molecule has 14 heavy (non-hydrogen) atoms. The molecule has 0 bridgehead atoms. The summed E-state index contributed by atoms with van der Waals surface area (Å²) in [6, 6.07) is 1.24. The third-order valence-corrected chi connectivity index (χ3v) is 2.09. The highest BCUT2D eigenvalue weighted by Gasteiger charge is 2.18. The second-order valence-electron chi connectivity index (χ2n) is 2.95. The molecule has 0 saturated carbocycles. The molecule has 1 N–H and O–H groups in total. The van der Waals surface area contributed by atoms with Crippen LogP contribution in [0.3, 0.4) is 0 Å². The van der Waals surface area contributed by atoms with Gasteiger partial charge in [-0.15, -0.1) is 0 Å². The van der Waals surface area contributed by atoms with Crippen molar-refractivity contribution in [3.8, 4) is 0 Å². The van der Waals surface area contributed by atoms with E-state index in [1.807, 2.05) is 0 Å². The molecule has 1 aliphatic heterocycles. The Morgan fingerprint density at radius 1 is 1.57 bits per heavy atom. The van der Waals surface area contributed by atoms with Gasteiger partial charge in [0.05, 0.1) is 0 Å². The molecule has 0 atom stereocenters. The first-order chi connectivity index (χ1) is 6.72. The predicted molar refractivity (Wildman–Crippen MR) is 50.9 cm³/mol. The van der Waals surface area contributed by atoms with Crippen molar-refractivity contribution in [1.29, 1.82) is 0 Å². The minimum absolute atomic E-state index is 0.237. The molecule has 0 spiro atoms. The first kappa shape index (κ1) is 8.68. The lowest BCUT2D eigenvalue weighted by Crippen LogP contribution is -2.38. The zero-order valence-electron chi connectivity index (χ0n) is 7.49. The highest BCUT2D eigenvalue weighted by molar-refractivity contribution is 5.93. The summed E-state index contributed by atoms with van der Waals surface area (Å²) >= 11 is 0. The molecule has 0 saturated heterocycles. The average Bonchev–Trinajstić information content (AvgIpc) is 2.18. The molecule has 5 nitrogen and oxygen atoms in total. The standard InChI is InChI=1S/C9H9N3O2/c1-2-7-11-8(13)5-6-9(14)10-3-4-12(6)7/h2,5H,1,3-4H2,(H,10,14). The van der Waals surface area contributed by atoms with Crippen molar-refractivity contribution in [3.63, 3.8) is 0 Å². The molecule has 1 aromatic rings. The molecule has 1 aromatic heterocycles. The molecule has 0 fully saturated rings. The molecule has 0 aromatic carbocycles. The number of nitrogens with one attached hydrogen (secondary N) is 1. The van der Waals surface area contributed by atoms with E-state index >= 15 is 0 Å². The minimum atomic E-state index is -0.414. The van der Waals surface area contributed by atoms with Crippen molar-refractivity contribution in [1.82, 2.24) is 14.9 Å². The van der Waals surface area contributed by atoms with Gasteiger partial charge in [0.25, 0.3) is 11.5 Å². The fraction of sp³-hybridized carbons (Fsp3) is 0.222. The molecule has 2 heterocycles. The number of carbonyl (C=O) groups excluding carboxylic acids is 1. The maximum Gasteiger partial charge on any atom is 0.273 e. The largest absolute Gasteiger partial charge is 0.349 e. The normalized spacial score (nSPS) is 14.4. The number of hydrogen-bond acceptors (Lipinski definition) is 3. The van der Waals surface area contributed by atoms with E-state index in [-0.39, 0.29) is 5.91 Å². The van der Waals surface area contributed by atoms with Gasteiger partial charge in [0.15, 0.2) is 0 Å². The van der Waals surface area contributed by atoms with Gasteiger partial charge < -0.3 is 9.88 Å². The number of fused-ring (bicyclic) bond motifs is 1. The molecule has 2 rings (SSSR count). The maximum atomic E-state index is 11.4. The van der Waals surface area contributed by atoms with Crippen molar-refractivity contribution in [2.24, 2.45) is 0 Å². The van der Waals surface area contributed by atoms with Crippen LogP contribution in [-0.2, 0) is 6.54 Å². The van der Waals surface area contributed by atoms with Crippen molar-refractivity contribution >= 4 is 12.0 Å². The van der Waals surface area contributed by atoms with Crippen LogP contribution in [0.15, 0.2) is 17.4 Å². The predicted octanol–water partition coefficient (Wildman–Crippen LogP) is -0.370. The van der Waals surface area contributed by atoms with Gasteiger partial charge >= 0.3 is 0 Å². The lowest BCUT2D eigenvalue weighted by Gasteiger charge is -2.20. The Hall–Kier alpha value is -1.91. The van der Waals surface area contributed by atoms with Gasteiger partial charge in [0, 0.05) is 19.2 Å². The molecular formula is C9H9N3O2. The Kier molecular flexibility index (Phi) is 1.92. The van der Waals surface area contributed by atoms with Crippen LogP contribution in [0.4, 0.5) is 0 Å². The summed E-state index contributed by atoms with van der Waals surface area (Å²) in [4.78, 5) is 26.2. The second kappa shape index (κ2) is 3.10. The molecule has 0 unspecified atom stereocenters. The van der Waals surface area contributed by atoms with Crippen molar-refractivity contribution in [2.75, 3.05) is 6.54 Å². The van der Waals surface area contributed by atoms with Crippen molar-refractivity contribution in [3.05, 3.63) is 34.5 Å². The van der Waals surface area contributed by atoms with E-state index < -0.39 is 5.56 Å². The van der Waals surface area contributed by atoms with Gasteiger partial charge in [0.2, 0.25) is 0 Å². The summed E-state index contributed by atoms with van der Waals surface area (Å²) in [5, 5.41) is 2.66. The Morgan fingerprint density at radius 2 is 2.36 bits per heavy atom. The highest BCUT2D eigenvalue weighted by Crippen LogP contribution is 2.05. The zero-order valence-corrected chi connectivity index (χ0v) is 7.49. The van der Waals surface area contributed by atoms with E-state index in [9.17, 15) is 9.59 Å². The summed E-state index contributed by atoms with van der Waals surface area (Å²) in [7, 11) is 0. The average molecular weight is 191 g/mol. The second-order valence-corrected chi connectivity index (χ2v) is 2.95. The highest BCUT2D eigenvalue weighted by atomic mass is 16.2. The monoisotopic (exact) mass is 191 g/mol. The maximum absolute atomic E-state index is 11.4. The summed E-state index contributed by atoms with van der Waals surface area (Å²) in [5.74, 6) is 0.209. The van der Waals surface area contributed by atoms with E-state index in [4.69, 9.17) is 0 Å². The number of hydrogen-bond donors (Lipinski definition) is 1. The summed E-state index contributed by atoms with van der Waals surface area (Å²) in [5.41, 5.74) is -0.0608. The Balaban J connectivity index is 2.72. The topological polar surface area (TPSA) is 64.0 Å². The molecule has 72 valence electrons. The van der Waals surface area contributed by atoms with Crippen LogP contribution in [0.5, 0.6) is 0 Å². The number of carbonyl (C=O) groups is 1. The molecular weight excluding hydrogens is 182 g/mol. The van der Waals surface area contributed by atoms with Crippen LogP contribution in [0.25, 0.3) is 6.08 Å². The molecule has 1 aliphatic rings. The fourth-order valence-corrected chi connectivity index (χ4v) is 1.47. The van der Waals surface area contributed by atoms with Gasteiger partial charge in [-0.3, -0.25) is 9.59 Å². The number of nitrogens with zero attached hydrogens (tertiary/aromatic N) is 2. The number of amides is 1. The molecule has 0 radical (unpaired) electrons. The molecule has 5 heteroatoms. The third kappa shape index (κ3) is 1.22. The lowest BCUT2D eigenvalue weighted by atomic mass is 10.3. The van der Waals surface area contributed by atoms with E-state index in [0.29, 0.717) is 24.6 Å². The molecule has 1 amide bonds. The fourth-order valence-electron chi connectivity index (χ4n) is 1.47. The van der Waals surface area contributed by atoms with Crippen LogP contribution in [0.1, 0.15) is 16.3 Å². The van der Waals surface area contributed by atoms with Gasteiger partial charge in [-0.2, -0.15) is 4.98 Å². The lowest BCUT2D eigenvalue weighted by molar-refractivity contribution is 0.0925. The van der Waals surface area contributed by atoms with Crippen molar-refractivity contribution < 1.29 is 4.79 Å². The van der Waals surface area contributed by atoms with Crippen LogP contribution in [0.2, 0.25) is 0 Å². The van der Waals surface area contributed by atoms with Crippen LogP contribution < -0.4 is 10.9 Å². The quantitative estimate of drug-likeness (QED) is 0.658. The zero-order chi connectivity index (χ0) is 10.1. The van der Waals surface area contributed by atoms with E-state index in [0.717, 1.165) is 0 Å². The Morgan fingerprint density at radius 3 is 3.07 bits per heavy atom. The summed E-state index contributed by atoms with van der Waals surface area (Å²) in [6.07, 6.45) is 1.48. The molecule has 0 aliphatic carbocycles. The van der Waals surface area contributed by atoms with Gasteiger partial charge in [-0.05, 0) is 6.08 Å². The van der Waals surface area contributed by atoms with Gasteiger partial charge in [-0.1, -0.05) is 6.58 Å². The van der Waals surface area contributed by atoms with Crippen LogP contribution in [0, 0.1) is 0 Å². The first-order valence-electron chi connectivity index (χ1n) is 4.25. The SMILES string of the molecule is C=Cc1nc(=O)cc2n1CCNC2=O. The van der Waals surface area contributed by atoms with Gasteiger partial charge in [-0.25, -0.2) is 0 Å².